The van der Waals surface area contributed by atoms with E-state index in [4.69, 9.17) is 22.4 Å². The highest BCUT2D eigenvalue weighted by atomic mass is 35.5. The van der Waals surface area contributed by atoms with Gasteiger partial charge in [0.05, 0.1) is 11.3 Å². The monoisotopic (exact) mass is 280 g/mol. The van der Waals surface area contributed by atoms with Gasteiger partial charge in [0, 0.05) is 16.1 Å². The molecule has 6 heteroatoms. The fraction of sp³-hybridized carbons (Fsp3) is 0. The molecule has 1 aromatic heterocycles. The van der Waals surface area contributed by atoms with Gasteiger partial charge in [-0.3, -0.25) is 0 Å². The number of aromatic carboxylic acids is 1. The first kappa shape index (κ1) is 12.7. The van der Waals surface area contributed by atoms with Crippen LogP contribution in [0, 0.1) is 0 Å². The van der Waals surface area contributed by atoms with Crippen LogP contribution < -0.4 is 5.73 Å². The Labute approximate surface area is 113 Å². The Bertz CT molecular complexity index is 604. The highest BCUT2D eigenvalue weighted by Gasteiger charge is 2.09. The molecule has 4 nitrogen and oxygen atoms in total. The van der Waals surface area contributed by atoms with E-state index in [1.807, 2.05) is 12.1 Å². The van der Waals surface area contributed by atoms with Crippen LogP contribution in [0.2, 0.25) is 5.02 Å². The Morgan fingerprint density at radius 3 is 2.78 bits per heavy atom. The molecule has 2 rings (SSSR count). The quantitative estimate of drug-likeness (QED) is 0.903. The Morgan fingerprint density at radius 2 is 2.17 bits per heavy atom. The third-order valence-electron chi connectivity index (χ3n) is 2.14. The van der Waals surface area contributed by atoms with E-state index in [-0.39, 0.29) is 5.56 Å². The van der Waals surface area contributed by atoms with Crippen LogP contribution in [0.25, 0.3) is 0 Å². The van der Waals surface area contributed by atoms with Crippen molar-refractivity contribution in [3.05, 3.63) is 47.1 Å². The van der Waals surface area contributed by atoms with Crippen LogP contribution in [0.4, 0.5) is 5.69 Å². The molecule has 18 heavy (non-hydrogen) atoms. The van der Waals surface area contributed by atoms with Gasteiger partial charge in [-0.2, -0.15) is 0 Å². The van der Waals surface area contributed by atoms with Gasteiger partial charge in [0.25, 0.3) is 0 Å². The van der Waals surface area contributed by atoms with Gasteiger partial charge >= 0.3 is 5.97 Å². The van der Waals surface area contributed by atoms with Crippen molar-refractivity contribution in [2.24, 2.45) is 0 Å². The smallest absolute Gasteiger partial charge is 0.337 e. The third-order valence-corrected chi connectivity index (χ3v) is 3.40. The molecule has 0 saturated heterocycles. The number of rotatable bonds is 3. The molecule has 0 unspecified atom stereocenters. The SMILES string of the molecule is Nc1cc(C(=O)O)cnc1Sc1cccc(Cl)c1. The van der Waals surface area contributed by atoms with Gasteiger partial charge in [-0.15, -0.1) is 0 Å². The fourth-order valence-electron chi connectivity index (χ4n) is 1.31. The Hall–Kier alpha value is -1.72. The zero-order valence-electron chi connectivity index (χ0n) is 9.13. The average molecular weight is 281 g/mol. The van der Waals surface area contributed by atoms with Crippen LogP contribution >= 0.6 is 23.4 Å². The van der Waals surface area contributed by atoms with Crippen molar-refractivity contribution in [1.82, 2.24) is 4.98 Å². The van der Waals surface area contributed by atoms with Crippen molar-refractivity contribution >= 4 is 35.0 Å². The van der Waals surface area contributed by atoms with Crippen molar-refractivity contribution in [2.45, 2.75) is 9.92 Å². The Balaban J connectivity index is 2.27. The summed E-state index contributed by atoms with van der Waals surface area (Å²) in [7, 11) is 0. The molecular weight excluding hydrogens is 272 g/mol. The number of nitrogens with zero attached hydrogens (tertiary/aromatic N) is 1. The number of carboxylic acids is 1. The number of hydrogen-bond donors (Lipinski definition) is 2. The highest BCUT2D eigenvalue weighted by molar-refractivity contribution is 7.99. The van der Waals surface area contributed by atoms with Gasteiger partial charge in [0.15, 0.2) is 0 Å². The number of pyridine rings is 1. The minimum Gasteiger partial charge on any atom is -0.478 e. The molecule has 1 heterocycles. The first-order valence-electron chi connectivity index (χ1n) is 4.98. The maximum absolute atomic E-state index is 10.7. The summed E-state index contributed by atoms with van der Waals surface area (Å²) in [6, 6.07) is 8.66. The molecule has 0 atom stereocenters. The number of aromatic nitrogens is 1. The molecule has 0 aliphatic heterocycles. The van der Waals surface area contributed by atoms with Crippen LogP contribution in [0.15, 0.2) is 46.5 Å². The lowest BCUT2D eigenvalue weighted by Crippen LogP contribution is -2.00. The lowest BCUT2D eigenvalue weighted by atomic mass is 10.3. The van der Waals surface area contributed by atoms with Crippen LogP contribution in [0.3, 0.4) is 0 Å². The summed E-state index contributed by atoms with van der Waals surface area (Å²) >= 11 is 7.21. The number of nitrogen functional groups attached to an aromatic ring is 1. The van der Waals surface area contributed by atoms with E-state index in [9.17, 15) is 4.79 Å². The number of anilines is 1. The van der Waals surface area contributed by atoms with Gasteiger partial charge in [0.2, 0.25) is 0 Å². The summed E-state index contributed by atoms with van der Waals surface area (Å²) in [5.41, 5.74) is 6.17. The lowest BCUT2D eigenvalue weighted by Gasteiger charge is -2.05. The molecule has 0 saturated carbocycles. The van der Waals surface area contributed by atoms with Gasteiger partial charge in [-0.1, -0.05) is 29.4 Å². The van der Waals surface area contributed by atoms with Gasteiger partial charge in [-0.05, 0) is 24.3 Å². The second-order valence-electron chi connectivity index (χ2n) is 3.48. The van der Waals surface area contributed by atoms with Gasteiger partial charge < -0.3 is 10.8 Å². The maximum atomic E-state index is 10.7. The summed E-state index contributed by atoms with van der Waals surface area (Å²) in [6.45, 7) is 0. The van der Waals surface area contributed by atoms with E-state index in [0.29, 0.717) is 15.7 Å². The summed E-state index contributed by atoms with van der Waals surface area (Å²) in [5, 5.41) is 9.99. The zero-order chi connectivity index (χ0) is 13.1. The standard InChI is InChI=1S/C12H9ClN2O2S/c13-8-2-1-3-9(5-8)18-11-10(14)4-7(6-15-11)12(16)17/h1-6H,14H2,(H,16,17). The predicted molar refractivity (Wildman–Crippen MR) is 71.2 cm³/mol. The van der Waals surface area contributed by atoms with Crippen LogP contribution in [0.1, 0.15) is 10.4 Å². The van der Waals surface area contributed by atoms with Crippen molar-refractivity contribution in [2.75, 3.05) is 5.73 Å². The number of carbonyl (C=O) groups is 1. The number of benzene rings is 1. The summed E-state index contributed by atoms with van der Waals surface area (Å²) in [5.74, 6) is -1.05. The topological polar surface area (TPSA) is 76.2 Å². The molecule has 0 aliphatic rings. The third kappa shape index (κ3) is 2.94. The van der Waals surface area contributed by atoms with Gasteiger partial charge in [0.1, 0.15) is 5.03 Å². The van der Waals surface area contributed by atoms with Crippen LogP contribution in [-0.2, 0) is 0 Å². The molecule has 0 radical (unpaired) electrons. The predicted octanol–water partition coefficient (Wildman–Crippen LogP) is 3.17. The number of nitrogens with two attached hydrogens (primary N) is 1. The van der Waals surface area contributed by atoms with E-state index in [2.05, 4.69) is 4.98 Å². The zero-order valence-corrected chi connectivity index (χ0v) is 10.7. The van der Waals surface area contributed by atoms with Crippen LogP contribution in [0.5, 0.6) is 0 Å². The average Bonchev–Trinajstić information content (AvgIpc) is 2.31. The number of carboxylic acid groups (broad SMARTS) is 1. The lowest BCUT2D eigenvalue weighted by molar-refractivity contribution is 0.0696. The second-order valence-corrected chi connectivity index (χ2v) is 4.98. The second kappa shape index (κ2) is 5.29. The minimum atomic E-state index is -1.05. The molecule has 3 N–H and O–H groups in total. The van der Waals surface area contributed by atoms with Crippen molar-refractivity contribution < 1.29 is 9.90 Å². The normalized spacial score (nSPS) is 10.3. The minimum absolute atomic E-state index is 0.0722. The largest absolute Gasteiger partial charge is 0.478 e. The van der Waals surface area contributed by atoms with Crippen molar-refractivity contribution in [1.29, 1.82) is 0 Å². The first-order chi connectivity index (χ1) is 8.56. The highest BCUT2D eigenvalue weighted by Crippen LogP contribution is 2.31. The van der Waals surface area contributed by atoms with E-state index in [0.717, 1.165) is 4.90 Å². The van der Waals surface area contributed by atoms with E-state index in [1.165, 1.54) is 24.0 Å². The Morgan fingerprint density at radius 1 is 1.39 bits per heavy atom. The van der Waals surface area contributed by atoms with Crippen LogP contribution in [-0.4, -0.2) is 16.1 Å². The van der Waals surface area contributed by atoms with Gasteiger partial charge in [-0.25, -0.2) is 9.78 Å². The molecule has 0 bridgehead atoms. The van der Waals surface area contributed by atoms with Crippen molar-refractivity contribution in [3.63, 3.8) is 0 Å². The van der Waals surface area contributed by atoms with E-state index < -0.39 is 5.97 Å². The maximum Gasteiger partial charge on any atom is 0.337 e. The summed E-state index contributed by atoms with van der Waals surface area (Å²) in [6.07, 6.45) is 1.28. The summed E-state index contributed by atoms with van der Waals surface area (Å²) < 4.78 is 0. The number of hydrogen-bond acceptors (Lipinski definition) is 4. The molecule has 0 aliphatic carbocycles. The molecular formula is C12H9ClN2O2S. The molecule has 0 spiro atoms. The Kier molecular flexibility index (Phi) is 3.74. The number of halogens is 1. The fourth-order valence-corrected chi connectivity index (χ4v) is 2.41. The van der Waals surface area contributed by atoms with E-state index in [1.54, 1.807) is 12.1 Å². The molecule has 2 aromatic rings. The molecule has 0 fully saturated rings. The van der Waals surface area contributed by atoms with Crippen molar-refractivity contribution in [3.8, 4) is 0 Å². The van der Waals surface area contributed by atoms with E-state index >= 15 is 0 Å². The summed E-state index contributed by atoms with van der Waals surface area (Å²) in [4.78, 5) is 15.7. The molecule has 92 valence electrons. The molecule has 1 aromatic carbocycles. The molecule has 0 amide bonds. The first-order valence-corrected chi connectivity index (χ1v) is 6.18.